The molecule has 3 aromatic rings. The number of aliphatic hydroxyl groups is 1. The number of aliphatic hydroxyl groups excluding tert-OH is 1. The topological polar surface area (TPSA) is 85.3 Å². The predicted molar refractivity (Wildman–Crippen MR) is 131 cm³/mol. The molecule has 5 rings (SSSR count). The van der Waals surface area contributed by atoms with Crippen LogP contribution in [0.4, 0.5) is 5.69 Å². The summed E-state index contributed by atoms with van der Waals surface area (Å²) in [4.78, 5) is 28.0. The molecule has 1 saturated heterocycles. The van der Waals surface area contributed by atoms with Gasteiger partial charge in [-0.1, -0.05) is 35.9 Å². The first-order valence-electron chi connectivity index (χ1n) is 11.1. The van der Waals surface area contributed by atoms with Crippen molar-refractivity contribution >= 4 is 34.7 Å². The number of benzene rings is 3. The molecule has 1 unspecified atom stereocenters. The van der Waals surface area contributed by atoms with Gasteiger partial charge in [0.25, 0.3) is 11.7 Å². The highest BCUT2D eigenvalue weighted by atomic mass is 35.5. The first kappa shape index (κ1) is 22.8. The number of Topliss-reactive ketones (excluding diaryl/α,β-unsaturated/α-hetero) is 1. The third-order valence-electron chi connectivity index (χ3n) is 5.74. The Hall–Kier alpha value is -3.97. The molecule has 2 heterocycles. The molecule has 1 fully saturated rings. The summed E-state index contributed by atoms with van der Waals surface area (Å²) in [6.07, 6.45) is -0.0712. The van der Waals surface area contributed by atoms with E-state index < -0.39 is 17.7 Å². The van der Waals surface area contributed by atoms with Crippen LogP contribution in [0.2, 0.25) is 5.02 Å². The van der Waals surface area contributed by atoms with Gasteiger partial charge in [0.2, 0.25) is 6.79 Å². The molecule has 0 aliphatic carbocycles. The van der Waals surface area contributed by atoms with Gasteiger partial charge in [-0.3, -0.25) is 14.5 Å². The first-order chi connectivity index (χ1) is 16.8. The number of amides is 1. The standard InChI is InChI=1S/C27H22ClNO6/c1-15(2)35-20-5-3-4-17(12-20)25(30)23-24(16-6-8-18(28)9-7-16)29(27(32)26(23)31)19-10-11-21-22(13-19)34-14-33-21/h3-13,15,24,30H,14H2,1-2H3/b25-23+. The molecule has 0 aromatic heterocycles. The zero-order chi connectivity index (χ0) is 24.7. The Kier molecular flexibility index (Phi) is 5.86. The molecule has 1 N–H and O–H groups in total. The van der Waals surface area contributed by atoms with Crippen LogP contribution in [0.25, 0.3) is 5.76 Å². The van der Waals surface area contributed by atoms with Crippen molar-refractivity contribution in [1.82, 2.24) is 0 Å². The van der Waals surface area contributed by atoms with Gasteiger partial charge in [0.15, 0.2) is 11.5 Å². The molecule has 0 saturated carbocycles. The lowest BCUT2D eigenvalue weighted by Crippen LogP contribution is -2.29. The Morgan fingerprint density at radius 3 is 2.51 bits per heavy atom. The van der Waals surface area contributed by atoms with Crippen LogP contribution in [-0.2, 0) is 9.59 Å². The summed E-state index contributed by atoms with van der Waals surface area (Å²) in [6, 6.07) is 17.7. The first-order valence-corrected chi connectivity index (χ1v) is 11.4. The molecule has 2 aliphatic heterocycles. The summed E-state index contributed by atoms with van der Waals surface area (Å²) in [5, 5.41) is 11.8. The molecule has 3 aromatic carbocycles. The normalized spacial score (nSPS) is 18.4. The van der Waals surface area contributed by atoms with Crippen molar-refractivity contribution in [3.63, 3.8) is 0 Å². The Morgan fingerprint density at radius 2 is 1.77 bits per heavy atom. The zero-order valence-corrected chi connectivity index (χ0v) is 19.8. The largest absolute Gasteiger partial charge is 0.507 e. The molecule has 1 amide bonds. The second-order valence-corrected chi connectivity index (χ2v) is 8.89. The quantitative estimate of drug-likeness (QED) is 0.289. The lowest BCUT2D eigenvalue weighted by molar-refractivity contribution is -0.132. The van der Waals surface area contributed by atoms with Crippen molar-refractivity contribution in [3.8, 4) is 17.2 Å². The van der Waals surface area contributed by atoms with E-state index in [1.807, 2.05) is 13.8 Å². The molecular weight excluding hydrogens is 470 g/mol. The monoisotopic (exact) mass is 491 g/mol. The van der Waals surface area contributed by atoms with Crippen LogP contribution in [0.1, 0.15) is 31.0 Å². The molecule has 0 bridgehead atoms. The number of anilines is 1. The van der Waals surface area contributed by atoms with Gasteiger partial charge in [0.05, 0.1) is 17.7 Å². The van der Waals surface area contributed by atoms with Gasteiger partial charge < -0.3 is 19.3 Å². The van der Waals surface area contributed by atoms with Crippen LogP contribution in [-0.4, -0.2) is 29.7 Å². The molecule has 0 spiro atoms. The number of nitrogens with zero attached hydrogens (tertiary/aromatic N) is 1. The molecular formula is C27H22ClNO6. The number of carbonyl (C=O) groups excluding carboxylic acids is 2. The van der Waals surface area contributed by atoms with Gasteiger partial charge in [0.1, 0.15) is 11.5 Å². The van der Waals surface area contributed by atoms with Gasteiger partial charge >= 0.3 is 0 Å². The van der Waals surface area contributed by atoms with E-state index in [2.05, 4.69) is 0 Å². The van der Waals surface area contributed by atoms with E-state index in [0.717, 1.165) is 0 Å². The SMILES string of the molecule is CC(C)Oc1cccc(/C(O)=C2\C(=O)C(=O)N(c3ccc4c(c3)OCO4)C2c2ccc(Cl)cc2)c1. The van der Waals surface area contributed by atoms with E-state index in [-0.39, 0.29) is 24.2 Å². The van der Waals surface area contributed by atoms with Crippen LogP contribution < -0.4 is 19.1 Å². The number of ketones is 1. The number of ether oxygens (including phenoxy) is 3. The summed E-state index contributed by atoms with van der Waals surface area (Å²) in [5.41, 5.74) is 1.39. The van der Waals surface area contributed by atoms with Gasteiger partial charge in [-0.05, 0) is 55.8 Å². The van der Waals surface area contributed by atoms with Gasteiger partial charge in [-0.15, -0.1) is 0 Å². The Labute approximate surface area is 207 Å². The van der Waals surface area contributed by atoms with Crippen LogP contribution >= 0.6 is 11.6 Å². The lowest BCUT2D eigenvalue weighted by atomic mass is 9.95. The maximum Gasteiger partial charge on any atom is 0.300 e. The molecule has 8 heteroatoms. The van der Waals surface area contributed by atoms with Gasteiger partial charge in [-0.25, -0.2) is 0 Å². The zero-order valence-electron chi connectivity index (χ0n) is 19.0. The minimum Gasteiger partial charge on any atom is -0.507 e. The highest BCUT2D eigenvalue weighted by Crippen LogP contribution is 2.45. The number of rotatable bonds is 5. The number of hydrogen-bond donors (Lipinski definition) is 1. The average Bonchev–Trinajstić information content (AvgIpc) is 3.41. The summed E-state index contributed by atoms with van der Waals surface area (Å²) in [6.45, 7) is 3.86. The minimum absolute atomic E-state index is 0.0308. The summed E-state index contributed by atoms with van der Waals surface area (Å²) in [7, 11) is 0. The van der Waals surface area contributed by atoms with Gasteiger partial charge in [-0.2, -0.15) is 0 Å². The molecule has 7 nitrogen and oxygen atoms in total. The van der Waals surface area contributed by atoms with Gasteiger partial charge in [0, 0.05) is 22.3 Å². The van der Waals surface area contributed by atoms with E-state index in [1.54, 1.807) is 66.7 Å². The molecule has 2 aliphatic rings. The third kappa shape index (κ3) is 4.19. The van der Waals surface area contributed by atoms with E-state index in [9.17, 15) is 14.7 Å². The molecule has 35 heavy (non-hydrogen) atoms. The van der Waals surface area contributed by atoms with Crippen molar-refractivity contribution in [2.45, 2.75) is 26.0 Å². The number of halogens is 1. The van der Waals surface area contributed by atoms with Crippen LogP contribution in [0.5, 0.6) is 17.2 Å². The summed E-state index contributed by atoms with van der Waals surface area (Å²) >= 11 is 6.09. The second kappa shape index (κ2) is 9.00. The fourth-order valence-electron chi connectivity index (χ4n) is 4.24. The van der Waals surface area contributed by atoms with Crippen LogP contribution in [0.3, 0.4) is 0 Å². The summed E-state index contributed by atoms with van der Waals surface area (Å²) < 4.78 is 16.6. The van der Waals surface area contributed by atoms with E-state index in [1.165, 1.54) is 4.90 Å². The van der Waals surface area contributed by atoms with Crippen LogP contribution in [0.15, 0.2) is 72.3 Å². The third-order valence-corrected chi connectivity index (χ3v) is 6.00. The fraction of sp³-hybridized carbons (Fsp3) is 0.185. The predicted octanol–water partition coefficient (Wildman–Crippen LogP) is 5.48. The smallest absolute Gasteiger partial charge is 0.300 e. The number of hydrogen-bond acceptors (Lipinski definition) is 6. The summed E-state index contributed by atoms with van der Waals surface area (Å²) in [5.74, 6) is -0.291. The van der Waals surface area contributed by atoms with Crippen molar-refractivity contribution in [3.05, 3.63) is 88.5 Å². The maximum absolute atomic E-state index is 13.3. The fourth-order valence-corrected chi connectivity index (χ4v) is 4.36. The number of carbonyl (C=O) groups is 2. The highest BCUT2D eigenvalue weighted by Gasteiger charge is 2.47. The molecule has 1 atom stereocenters. The minimum atomic E-state index is -0.887. The Bertz CT molecular complexity index is 1350. The van der Waals surface area contributed by atoms with Crippen molar-refractivity contribution in [2.75, 3.05) is 11.7 Å². The van der Waals surface area contributed by atoms with Crippen LogP contribution in [0, 0.1) is 0 Å². The lowest BCUT2D eigenvalue weighted by Gasteiger charge is -2.25. The molecule has 178 valence electrons. The van der Waals surface area contributed by atoms with Crippen molar-refractivity contribution < 1.29 is 28.9 Å². The second-order valence-electron chi connectivity index (χ2n) is 8.45. The highest BCUT2D eigenvalue weighted by molar-refractivity contribution is 6.51. The molecule has 0 radical (unpaired) electrons. The maximum atomic E-state index is 13.3. The van der Waals surface area contributed by atoms with E-state index in [4.69, 9.17) is 25.8 Å². The number of fused-ring (bicyclic) bond motifs is 1. The van der Waals surface area contributed by atoms with Crippen molar-refractivity contribution in [1.29, 1.82) is 0 Å². The average molecular weight is 492 g/mol. The Balaban J connectivity index is 1.67. The van der Waals surface area contributed by atoms with E-state index >= 15 is 0 Å². The van der Waals surface area contributed by atoms with Crippen molar-refractivity contribution in [2.24, 2.45) is 0 Å². The van der Waals surface area contributed by atoms with E-state index in [0.29, 0.717) is 39.1 Å². The Morgan fingerprint density at radius 1 is 1.03 bits per heavy atom.